The molecule has 29 heavy (non-hydrogen) atoms. The van der Waals surface area contributed by atoms with Gasteiger partial charge < -0.3 is 10.2 Å². The Morgan fingerprint density at radius 2 is 1.72 bits per heavy atom. The minimum Gasteiger partial charge on any atom is -0.380 e. The van der Waals surface area contributed by atoms with E-state index < -0.39 is 14.9 Å². The third kappa shape index (κ3) is 4.35. The monoisotopic (exact) mass is 418 g/mol. The Balaban J connectivity index is 1.75. The average molecular weight is 419 g/mol. The van der Waals surface area contributed by atoms with Crippen LogP contribution in [0.25, 0.3) is 0 Å². The number of nitro benzene ring substituents is 1. The Morgan fingerprint density at radius 1 is 1.03 bits per heavy atom. The maximum atomic E-state index is 13.0. The third-order valence-corrected chi connectivity index (χ3v) is 7.16. The molecule has 0 unspecified atom stereocenters. The van der Waals surface area contributed by atoms with Crippen molar-refractivity contribution in [3.63, 3.8) is 0 Å². The van der Waals surface area contributed by atoms with Crippen LogP contribution in [0.1, 0.15) is 18.1 Å². The summed E-state index contributed by atoms with van der Waals surface area (Å²) in [7, 11) is -3.54. The van der Waals surface area contributed by atoms with Crippen LogP contribution in [0.5, 0.6) is 0 Å². The van der Waals surface area contributed by atoms with Crippen molar-refractivity contribution < 1.29 is 13.3 Å². The summed E-state index contributed by atoms with van der Waals surface area (Å²) < 4.78 is 27.5. The van der Waals surface area contributed by atoms with Gasteiger partial charge in [-0.25, -0.2) is 8.42 Å². The number of piperazine rings is 1. The zero-order valence-electron chi connectivity index (χ0n) is 16.9. The van der Waals surface area contributed by atoms with Crippen molar-refractivity contribution in [3.05, 3.63) is 57.6 Å². The van der Waals surface area contributed by atoms with Crippen molar-refractivity contribution in [1.82, 2.24) is 4.31 Å². The second-order valence-electron chi connectivity index (χ2n) is 7.13. The van der Waals surface area contributed by atoms with E-state index in [1.54, 1.807) is 24.3 Å². The molecule has 1 aliphatic rings. The second-order valence-corrected chi connectivity index (χ2v) is 9.06. The minimum atomic E-state index is -3.54. The average Bonchev–Trinajstić information content (AvgIpc) is 2.70. The summed E-state index contributed by atoms with van der Waals surface area (Å²) in [5.74, 6) is 0. The van der Waals surface area contributed by atoms with Gasteiger partial charge in [-0.15, -0.1) is 0 Å². The van der Waals surface area contributed by atoms with E-state index in [-0.39, 0.29) is 5.69 Å². The van der Waals surface area contributed by atoms with Gasteiger partial charge in [0.2, 0.25) is 10.0 Å². The van der Waals surface area contributed by atoms with Crippen LogP contribution < -0.4 is 10.2 Å². The van der Waals surface area contributed by atoms with E-state index in [0.29, 0.717) is 43.3 Å². The topological polar surface area (TPSA) is 95.8 Å². The molecule has 9 heteroatoms. The number of aryl methyl sites for hydroxylation is 2. The lowest BCUT2D eigenvalue weighted by molar-refractivity contribution is -0.383. The molecular formula is C20H26N4O4S. The fraction of sp³-hybridized carbons (Fsp3) is 0.400. The molecule has 1 heterocycles. The summed E-state index contributed by atoms with van der Waals surface area (Å²) in [6.07, 6.45) is 0. The molecule has 0 aliphatic carbocycles. The predicted molar refractivity (Wildman–Crippen MR) is 114 cm³/mol. The summed E-state index contributed by atoms with van der Waals surface area (Å²) in [5.41, 5.74) is 3.36. The van der Waals surface area contributed by atoms with Crippen molar-refractivity contribution in [2.45, 2.75) is 25.7 Å². The summed E-state index contributed by atoms with van der Waals surface area (Å²) in [5, 5.41) is 14.2. The molecule has 156 valence electrons. The normalized spacial score (nSPS) is 15.3. The van der Waals surface area contributed by atoms with E-state index in [1.165, 1.54) is 10.4 Å². The molecule has 2 aromatic rings. The van der Waals surface area contributed by atoms with Gasteiger partial charge in [0.15, 0.2) is 0 Å². The number of hydrogen-bond acceptors (Lipinski definition) is 6. The molecule has 1 fully saturated rings. The molecule has 0 saturated carbocycles. The highest BCUT2D eigenvalue weighted by Crippen LogP contribution is 2.30. The maximum Gasteiger partial charge on any atom is 0.292 e. The molecule has 1 aliphatic heterocycles. The first-order chi connectivity index (χ1) is 13.7. The third-order valence-electron chi connectivity index (χ3n) is 5.26. The van der Waals surface area contributed by atoms with Crippen LogP contribution in [0.4, 0.5) is 17.1 Å². The lowest BCUT2D eigenvalue weighted by Gasteiger charge is -2.35. The number of benzene rings is 2. The first kappa shape index (κ1) is 21.1. The molecule has 0 aromatic heterocycles. The summed E-state index contributed by atoms with van der Waals surface area (Å²) >= 11 is 0. The van der Waals surface area contributed by atoms with Crippen molar-refractivity contribution >= 4 is 27.1 Å². The summed E-state index contributed by atoms with van der Waals surface area (Å²) in [6.45, 7) is 8.09. The van der Waals surface area contributed by atoms with E-state index >= 15 is 0 Å². The van der Waals surface area contributed by atoms with Gasteiger partial charge in [0.1, 0.15) is 5.69 Å². The fourth-order valence-corrected chi connectivity index (χ4v) is 4.93. The zero-order valence-corrected chi connectivity index (χ0v) is 17.7. The molecular weight excluding hydrogens is 392 g/mol. The van der Waals surface area contributed by atoms with Crippen LogP contribution >= 0.6 is 0 Å². The van der Waals surface area contributed by atoms with Crippen molar-refractivity contribution in [2.24, 2.45) is 0 Å². The Kier molecular flexibility index (Phi) is 6.09. The first-order valence-corrected chi connectivity index (χ1v) is 11.0. The van der Waals surface area contributed by atoms with Crippen LogP contribution in [-0.2, 0) is 10.0 Å². The smallest absolute Gasteiger partial charge is 0.292 e. The quantitative estimate of drug-likeness (QED) is 0.572. The van der Waals surface area contributed by atoms with Gasteiger partial charge in [-0.3, -0.25) is 10.1 Å². The Hall–Kier alpha value is -2.65. The Bertz CT molecular complexity index is 1020. The molecule has 2 aromatic carbocycles. The van der Waals surface area contributed by atoms with Crippen LogP contribution in [0, 0.1) is 24.0 Å². The standard InChI is InChI=1S/C20H26N4O4S/c1-4-21-19-14-17(6-8-20(19)24(25)26)22-9-11-23(12-10-22)29(27,28)18-7-5-15(2)16(3)13-18/h5-8,13-14,21H,4,9-12H2,1-3H3. The number of nitrogens with one attached hydrogen (secondary N) is 1. The van der Waals surface area contributed by atoms with E-state index in [9.17, 15) is 18.5 Å². The Morgan fingerprint density at radius 3 is 2.31 bits per heavy atom. The van der Waals surface area contributed by atoms with Crippen LogP contribution in [0.2, 0.25) is 0 Å². The molecule has 0 radical (unpaired) electrons. The predicted octanol–water partition coefficient (Wildman–Crippen LogP) is 3.15. The van der Waals surface area contributed by atoms with Crippen LogP contribution in [0.15, 0.2) is 41.3 Å². The van der Waals surface area contributed by atoms with Crippen molar-refractivity contribution in [1.29, 1.82) is 0 Å². The molecule has 0 bridgehead atoms. The fourth-order valence-electron chi connectivity index (χ4n) is 3.42. The number of rotatable bonds is 6. The molecule has 3 rings (SSSR count). The molecule has 0 spiro atoms. The van der Waals surface area contributed by atoms with E-state index in [0.717, 1.165) is 16.8 Å². The summed E-state index contributed by atoms with van der Waals surface area (Å²) in [6, 6.07) is 10.2. The second kappa shape index (κ2) is 8.38. The number of sulfonamides is 1. The number of nitrogens with zero attached hydrogens (tertiary/aromatic N) is 3. The lowest BCUT2D eigenvalue weighted by Crippen LogP contribution is -2.48. The maximum absolute atomic E-state index is 13.0. The van der Waals surface area contributed by atoms with Gasteiger partial charge >= 0.3 is 0 Å². The van der Waals surface area contributed by atoms with Gasteiger partial charge in [-0.05, 0) is 56.2 Å². The zero-order chi connectivity index (χ0) is 21.2. The molecule has 8 nitrogen and oxygen atoms in total. The molecule has 0 amide bonds. The van der Waals surface area contributed by atoms with E-state index in [4.69, 9.17) is 0 Å². The lowest BCUT2D eigenvalue weighted by atomic mass is 10.1. The van der Waals surface area contributed by atoms with Crippen LogP contribution in [-0.4, -0.2) is 50.4 Å². The van der Waals surface area contributed by atoms with E-state index in [1.807, 2.05) is 26.8 Å². The van der Waals surface area contributed by atoms with Crippen molar-refractivity contribution in [3.8, 4) is 0 Å². The highest BCUT2D eigenvalue weighted by Gasteiger charge is 2.29. The molecule has 1 saturated heterocycles. The Labute approximate surface area is 171 Å². The van der Waals surface area contributed by atoms with Crippen molar-refractivity contribution in [2.75, 3.05) is 42.9 Å². The number of hydrogen-bond donors (Lipinski definition) is 1. The highest BCUT2D eigenvalue weighted by atomic mass is 32.2. The minimum absolute atomic E-state index is 0.0338. The van der Waals surface area contributed by atoms with Gasteiger partial charge in [0.05, 0.1) is 9.82 Å². The van der Waals surface area contributed by atoms with Crippen LogP contribution in [0.3, 0.4) is 0 Å². The summed E-state index contributed by atoms with van der Waals surface area (Å²) in [4.78, 5) is 13.2. The molecule has 1 N–H and O–H groups in total. The number of anilines is 2. The molecule has 0 atom stereocenters. The van der Waals surface area contributed by atoms with Gasteiger partial charge in [0.25, 0.3) is 5.69 Å². The number of nitro groups is 1. The van der Waals surface area contributed by atoms with Gasteiger partial charge in [-0.1, -0.05) is 6.07 Å². The van der Waals surface area contributed by atoms with Gasteiger partial charge in [-0.2, -0.15) is 4.31 Å². The SMILES string of the molecule is CCNc1cc(N2CCN(S(=O)(=O)c3ccc(C)c(C)c3)CC2)ccc1[N+](=O)[O-]. The largest absolute Gasteiger partial charge is 0.380 e. The first-order valence-electron chi connectivity index (χ1n) is 9.58. The van der Waals surface area contributed by atoms with E-state index in [2.05, 4.69) is 10.2 Å². The van der Waals surface area contributed by atoms with Gasteiger partial charge in [0, 0.05) is 44.5 Å². The highest BCUT2D eigenvalue weighted by molar-refractivity contribution is 7.89.